The Morgan fingerprint density at radius 3 is 2.69 bits per heavy atom. The summed E-state index contributed by atoms with van der Waals surface area (Å²) >= 11 is 0. The normalized spacial score (nSPS) is 23.4. The molecule has 0 aliphatic carbocycles. The van der Waals surface area contributed by atoms with Crippen molar-refractivity contribution in [1.82, 2.24) is 19.8 Å². The number of nitrogen functional groups attached to an aromatic ring is 1. The van der Waals surface area contributed by atoms with Gasteiger partial charge in [0.15, 0.2) is 0 Å². The second kappa shape index (κ2) is 7.54. The van der Waals surface area contributed by atoms with Gasteiger partial charge in [0.05, 0.1) is 6.04 Å². The van der Waals surface area contributed by atoms with Gasteiger partial charge in [0.25, 0.3) is 0 Å². The third kappa shape index (κ3) is 3.39. The van der Waals surface area contributed by atoms with Crippen LogP contribution in [0.4, 0.5) is 16.6 Å². The molecule has 3 heterocycles. The van der Waals surface area contributed by atoms with Crippen LogP contribution in [0.5, 0.6) is 0 Å². The van der Waals surface area contributed by atoms with Gasteiger partial charge in [0.1, 0.15) is 5.82 Å². The predicted molar refractivity (Wildman–Crippen MR) is 115 cm³/mol. The third-order valence-corrected chi connectivity index (χ3v) is 6.34. The zero-order valence-electron chi connectivity index (χ0n) is 17.7. The van der Waals surface area contributed by atoms with E-state index in [0.717, 1.165) is 37.4 Å². The van der Waals surface area contributed by atoms with Crippen LogP contribution in [-0.2, 0) is 6.42 Å². The lowest BCUT2D eigenvalue weighted by atomic mass is 9.88. The molecule has 2 amide bonds. The number of nitrogens with zero attached hydrogens (tertiary/aromatic N) is 5. The van der Waals surface area contributed by atoms with Crippen molar-refractivity contribution >= 4 is 17.8 Å². The maximum absolute atomic E-state index is 13.0. The molecule has 3 atom stereocenters. The lowest BCUT2D eigenvalue weighted by molar-refractivity contribution is 0.159. The van der Waals surface area contributed by atoms with E-state index in [1.165, 1.54) is 11.1 Å². The lowest BCUT2D eigenvalue weighted by Gasteiger charge is -2.33. The number of benzene rings is 1. The fraction of sp³-hybridized carbons (Fsp3) is 0.500. The van der Waals surface area contributed by atoms with E-state index < -0.39 is 0 Å². The third-order valence-electron chi connectivity index (χ3n) is 6.34. The summed E-state index contributed by atoms with van der Waals surface area (Å²) < 4.78 is 0. The molecule has 2 aromatic rings. The van der Waals surface area contributed by atoms with E-state index in [2.05, 4.69) is 57.9 Å². The molecule has 0 radical (unpaired) electrons. The van der Waals surface area contributed by atoms with Gasteiger partial charge in [-0.1, -0.05) is 31.2 Å². The van der Waals surface area contributed by atoms with Gasteiger partial charge in [-0.25, -0.2) is 9.78 Å². The minimum atomic E-state index is 0.0744. The molecule has 2 aliphatic rings. The number of hydrogen-bond acceptors (Lipinski definition) is 5. The van der Waals surface area contributed by atoms with Crippen molar-refractivity contribution in [2.45, 2.75) is 26.3 Å². The fourth-order valence-electron chi connectivity index (χ4n) is 4.92. The molecule has 0 saturated carbocycles. The quantitative estimate of drug-likeness (QED) is 0.866. The zero-order valence-corrected chi connectivity index (χ0v) is 17.7. The van der Waals surface area contributed by atoms with Crippen molar-refractivity contribution < 1.29 is 4.79 Å². The van der Waals surface area contributed by atoms with E-state index >= 15 is 0 Å². The average molecular weight is 395 g/mol. The molecule has 7 heteroatoms. The van der Waals surface area contributed by atoms with Crippen LogP contribution in [0.3, 0.4) is 0 Å². The second-order valence-electron chi connectivity index (χ2n) is 8.39. The maximum atomic E-state index is 13.0. The van der Waals surface area contributed by atoms with Gasteiger partial charge in [0, 0.05) is 57.3 Å². The number of carbonyl (C=O) groups is 1. The molecule has 1 aromatic heterocycles. The van der Waals surface area contributed by atoms with Crippen LogP contribution >= 0.6 is 0 Å². The highest BCUT2D eigenvalue weighted by atomic mass is 16.2. The largest absolute Gasteiger partial charge is 0.368 e. The highest BCUT2D eigenvalue weighted by molar-refractivity contribution is 5.75. The molecular formula is C22H30N6O. The first-order valence-electron chi connectivity index (χ1n) is 10.3. The number of fused-ring (bicyclic) bond motifs is 1. The second-order valence-corrected chi connectivity index (χ2v) is 8.39. The highest BCUT2D eigenvalue weighted by Crippen LogP contribution is 2.47. The molecule has 29 heavy (non-hydrogen) atoms. The number of urea groups is 1. The van der Waals surface area contributed by atoms with E-state index in [9.17, 15) is 4.79 Å². The molecule has 4 rings (SSSR count). The number of likely N-dealkylation sites (tertiary alicyclic amines) is 1. The van der Waals surface area contributed by atoms with Crippen molar-refractivity contribution in [3.8, 4) is 0 Å². The summed E-state index contributed by atoms with van der Waals surface area (Å²) in [4.78, 5) is 27.8. The Bertz CT molecular complexity index is 914. The van der Waals surface area contributed by atoms with Crippen molar-refractivity contribution in [3.63, 3.8) is 0 Å². The monoisotopic (exact) mass is 394 g/mol. The van der Waals surface area contributed by atoms with Crippen LogP contribution in [0.1, 0.15) is 29.7 Å². The summed E-state index contributed by atoms with van der Waals surface area (Å²) in [6.45, 7) is 6.76. The molecular weight excluding hydrogens is 364 g/mol. The Morgan fingerprint density at radius 2 is 2.00 bits per heavy atom. The summed E-state index contributed by atoms with van der Waals surface area (Å²) in [6, 6.07) is 8.59. The van der Waals surface area contributed by atoms with Gasteiger partial charge in [-0.3, -0.25) is 0 Å². The number of amides is 2. The molecule has 2 fully saturated rings. The van der Waals surface area contributed by atoms with Crippen molar-refractivity contribution in [2.75, 3.05) is 44.4 Å². The Kier molecular flexibility index (Phi) is 5.06. The standard InChI is InChI=1S/C22H30N6O/c1-5-15-10-24-21(23)25-20(15)27-11-16-12-28(22(29)26(3)4)19(18(16)13-27)17-9-7-6-8-14(17)2/h6-10,16,18-19H,5,11-13H2,1-4H3,(H2,23,24,25)/t16-,18-,19+/m1/s1. The summed E-state index contributed by atoms with van der Waals surface area (Å²) in [6.07, 6.45) is 2.71. The van der Waals surface area contributed by atoms with Crippen LogP contribution in [0, 0.1) is 18.8 Å². The minimum absolute atomic E-state index is 0.0744. The molecule has 2 saturated heterocycles. The lowest BCUT2D eigenvalue weighted by Crippen LogP contribution is -2.41. The minimum Gasteiger partial charge on any atom is -0.368 e. The number of aryl methyl sites for hydroxylation is 2. The van der Waals surface area contributed by atoms with Gasteiger partial charge in [-0.05, 0) is 24.5 Å². The van der Waals surface area contributed by atoms with Gasteiger partial charge >= 0.3 is 6.03 Å². The average Bonchev–Trinajstić information content (AvgIpc) is 3.25. The van der Waals surface area contributed by atoms with E-state index in [1.54, 1.807) is 4.90 Å². The van der Waals surface area contributed by atoms with Crippen LogP contribution in [0.25, 0.3) is 0 Å². The van der Waals surface area contributed by atoms with E-state index in [1.807, 2.05) is 20.3 Å². The molecule has 154 valence electrons. The van der Waals surface area contributed by atoms with Gasteiger partial charge in [-0.2, -0.15) is 4.98 Å². The van der Waals surface area contributed by atoms with E-state index in [-0.39, 0.29) is 12.1 Å². The molecule has 0 spiro atoms. The Balaban J connectivity index is 1.69. The summed E-state index contributed by atoms with van der Waals surface area (Å²) in [5.41, 5.74) is 9.49. The van der Waals surface area contributed by atoms with Gasteiger partial charge in [0.2, 0.25) is 5.95 Å². The molecule has 7 nitrogen and oxygen atoms in total. The smallest absolute Gasteiger partial charge is 0.320 e. The number of hydrogen-bond donors (Lipinski definition) is 1. The van der Waals surface area contributed by atoms with Crippen molar-refractivity contribution in [3.05, 3.63) is 47.2 Å². The highest BCUT2D eigenvalue weighted by Gasteiger charge is 2.50. The summed E-state index contributed by atoms with van der Waals surface area (Å²) in [5.74, 6) is 2.03. The molecule has 2 N–H and O–H groups in total. The Morgan fingerprint density at radius 1 is 1.24 bits per heavy atom. The number of rotatable bonds is 3. The van der Waals surface area contributed by atoms with Gasteiger partial charge < -0.3 is 20.4 Å². The number of aromatic nitrogens is 2. The molecule has 0 unspecified atom stereocenters. The number of nitrogens with two attached hydrogens (primary N) is 1. The fourth-order valence-corrected chi connectivity index (χ4v) is 4.92. The molecule has 1 aromatic carbocycles. The van der Waals surface area contributed by atoms with E-state index in [4.69, 9.17) is 5.73 Å². The predicted octanol–water partition coefficient (Wildman–Crippen LogP) is 2.72. The van der Waals surface area contributed by atoms with Crippen LogP contribution in [0.15, 0.2) is 30.5 Å². The molecule has 2 aliphatic heterocycles. The summed E-state index contributed by atoms with van der Waals surface area (Å²) in [7, 11) is 3.66. The van der Waals surface area contributed by atoms with Crippen LogP contribution < -0.4 is 10.6 Å². The first-order chi connectivity index (χ1) is 13.9. The summed E-state index contributed by atoms with van der Waals surface area (Å²) in [5, 5.41) is 0. The first kappa shape index (κ1) is 19.5. The van der Waals surface area contributed by atoms with Crippen LogP contribution in [0.2, 0.25) is 0 Å². The van der Waals surface area contributed by atoms with Gasteiger partial charge in [-0.15, -0.1) is 0 Å². The van der Waals surface area contributed by atoms with Crippen molar-refractivity contribution in [1.29, 1.82) is 0 Å². The SMILES string of the molecule is CCc1cnc(N)nc1N1C[C@@H]2CN(C(=O)N(C)C)[C@@H](c3ccccc3C)[C@@H]2C1. The molecule has 0 bridgehead atoms. The zero-order chi connectivity index (χ0) is 20.7. The van der Waals surface area contributed by atoms with E-state index in [0.29, 0.717) is 17.8 Å². The number of anilines is 2. The number of carbonyl (C=O) groups excluding carboxylic acids is 1. The Hall–Kier alpha value is -2.83. The van der Waals surface area contributed by atoms with Crippen LogP contribution in [-0.4, -0.2) is 59.5 Å². The van der Waals surface area contributed by atoms with Crippen molar-refractivity contribution in [2.24, 2.45) is 11.8 Å². The maximum Gasteiger partial charge on any atom is 0.320 e. The first-order valence-corrected chi connectivity index (χ1v) is 10.3. The topological polar surface area (TPSA) is 78.6 Å². The Labute approximate surface area is 172 Å².